The van der Waals surface area contributed by atoms with E-state index in [4.69, 9.17) is 0 Å². The predicted octanol–water partition coefficient (Wildman–Crippen LogP) is 2.07. The number of hydrogen-bond acceptors (Lipinski definition) is 4. The van der Waals surface area contributed by atoms with Crippen molar-refractivity contribution < 1.29 is 9.90 Å². The molecule has 1 atom stereocenters. The fourth-order valence-corrected chi connectivity index (χ4v) is 2.51. The fourth-order valence-electron chi connectivity index (χ4n) is 2.51. The van der Waals surface area contributed by atoms with Gasteiger partial charge in [-0.1, -0.05) is 18.2 Å². The molecule has 0 aliphatic carbocycles. The number of carbonyl (C=O) groups is 1. The van der Waals surface area contributed by atoms with E-state index in [2.05, 4.69) is 15.7 Å². The molecule has 130 valence electrons. The van der Waals surface area contributed by atoms with E-state index in [0.717, 1.165) is 16.8 Å². The number of amides is 2. The summed E-state index contributed by atoms with van der Waals surface area (Å²) in [6.45, 7) is 4.83. The van der Waals surface area contributed by atoms with Crippen LogP contribution in [0.3, 0.4) is 0 Å². The minimum absolute atomic E-state index is 0.319. The maximum Gasteiger partial charge on any atom is 0.323 e. The Labute approximate surface area is 142 Å². The van der Waals surface area contributed by atoms with E-state index in [1.807, 2.05) is 51.0 Å². The number of rotatable bonds is 6. The third kappa shape index (κ3) is 5.07. The molecule has 7 nitrogen and oxygen atoms in total. The number of aromatic nitrogens is 2. The number of para-hydroxylation sites is 1. The molecule has 1 aromatic carbocycles. The van der Waals surface area contributed by atoms with Gasteiger partial charge in [-0.3, -0.25) is 4.68 Å². The lowest BCUT2D eigenvalue weighted by Gasteiger charge is -2.15. The summed E-state index contributed by atoms with van der Waals surface area (Å²) in [5.74, 6) is 0. The van der Waals surface area contributed by atoms with Crippen molar-refractivity contribution in [3.8, 4) is 0 Å². The monoisotopic (exact) mass is 331 g/mol. The van der Waals surface area contributed by atoms with E-state index in [1.54, 1.807) is 17.1 Å². The Morgan fingerprint density at radius 1 is 1.29 bits per heavy atom. The van der Waals surface area contributed by atoms with Crippen LogP contribution in [0, 0.1) is 13.8 Å². The molecule has 2 rings (SSSR count). The molecule has 7 heteroatoms. The number of urea groups is 1. The van der Waals surface area contributed by atoms with E-state index in [0.29, 0.717) is 18.8 Å². The molecule has 1 unspecified atom stereocenters. The first kappa shape index (κ1) is 18.0. The Bertz CT molecular complexity index is 676. The van der Waals surface area contributed by atoms with Crippen molar-refractivity contribution in [1.29, 1.82) is 0 Å². The number of likely N-dealkylation sites (N-methyl/N-ethyl adjacent to an activating group) is 1. The summed E-state index contributed by atoms with van der Waals surface area (Å²) >= 11 is 0. The van der Waals surface area contributed by atoms with Gasteiger partial charge in [-0.25, -0.2) is 4.79 Å². The van der Waals surface area contributed by atoms with Crippen LogP contribution in [0.4, 0.5) is 16.2 Å². The number of nitrogens with one attached hydrogen (secondary N) is 2. The minimum Gasteiger partial charge on any atom is -0.390 e. The van der Waals surface area contributed by atoms with Crippen molar-refractivity contribution in [2.24, 2.45) is 0 Å². The fraction of sp³-hybridized carbons (Fsp3) is 0.412. The Hall–Kier alpha value is -2.38. The number of aliphatic hydroxyl groups excluding tert-OH is 1. The predicted molar refractivity (Wildman–Crippen MR) is 95.3 cm³/mol. The van der Waals surface area contributed by atoms with Crippen LogP contribution in [0.5, 0.6) is 0 Å². The largest absolute Gasteiger partial charge is 0.390 e. The van der Waals surface area contributed by atoms with Crippen molar-refractivity contribution in [1.82, 2.24) is 14.7 Å². The van der Waals surface area contributed by atoms with Crippen LogP contribution >= 0.6 is 0 Å². The van der Waals surface area contributed by atoms with Gasteiger partial charge in [-0.15, -0.1) is 0 Å². The summed E-state index contributed by atoms with van der Waals surface area (Å²) in [5, 5.41) is 19.7. The number of aliphatic hydroxyl groups is 1. The number of carbonyl (C=O) groups excluding carboxylic acids is 1. The average Bonchev–Trinajstić information content (AvgIpc) is 2.89. The first-order valence-electron chi connectivity index (χ1n) is 7.84. The molecular weight excluding hydrogens is 306 g/mol. The van der Waals surface area contributed by atoms with Gasteiger partial charge in [0.1, 0.15) is 0 Å². The lowest BCUT2D eigenvalue weighted by molar-refractivity contribution is 0.116. The number of benzene rings is 1. The molecule has 0 bridgehead atoms. The molecule has 1 heterocycles. The summed E-state index contributed by atoms with van der Waals surface area (Å²) in [6, 6.07) is 5.54. The van der Waals surface area contributed by atoms with Crippen LogP contribution in [0.15, 0.2) is 30.6 Å². The first-order chi connectivity index (χ1) is 11.3. The summed E-state index contributed by atoms with van der Waals surface area (Å²) in [7, 11) is 3.80. The van der Waals surface area contributed by atoms with Crippen molar-refractivity contribution in [3.63, 3.8) is 0 Å². The molecule has 0 aliphatic heterocycles. The second-order valence-electron chi connectivity index (χ2n) is 6.21. The topological polar surface area (TPSA) is 82.4 Å². The van der Waals surface area contributed by atoms with Crippen molar-refractivity contribution >= 4 is 17.4 Å². The molecular formula is C17H25N5O2. The molecule has 0 radical (unpaired) electrons. The lowest BCUT2D eigenvalue weighted by atomic mass is 10.1. The highest BCUT2D eigenvalue weighted by Crippen LogP contribution is 2.19. The third-order valence-electron chi connectivity index (χ3n) is 3.58. The van der Waals surface area contributed by atoms with Crippen molar-refractivity contribution in [2.75, 3.05) is 31.3 Å². The zero-order valence-corrected chi connectivity index (χ0v) is 14.6. The Kier molecular flexibility index (Phi) is 5.94. The maximum absolute atomic E-state index is 12.1. The minimum atomic E-state index is -0.517. The molecule has 0 fully saturated rings. The average molecular weight is 331 g/mol. The Balaban J connectivity index is 1.93. The maximum atomic E-state index is 12.1. The highest BCUT2D eigenvalue weighted by Gasteiger charge is 2.10. The Morgan fingerprint density at radius 3 is 2.58 bits per heavy atom. The molecule has 0 saturated heterocycles. The number of anilines is 2. The van der Waals surface area contributed by atoms with Crippen LogP contribution in [0.2, 0.25) is 0 Å². The summed E-state index contributed by atoms with van der Waals surface area (Å²) < 4.78 is 1.61. The van der Waals surface area contributed by atoms with Gasteiger partial charge in [0, 0.05) is 18.4 Å². The van der Waals surface area contributed by atoms with Crippen LogP contribution in [-0.2, 0) is 6.54 Å². The molecule has 1 aromatic heterocycles. The summed E-state index contributed by atoms with van der Waals surface area (Å²) in [4.78, 5) is 14.1. The normalized spacial score (nSPS) is 12.2. The highest BCUT2D eigenvalue weighted by atomic mass is 16.3. The molecule has 0 spiro atoms. The van der Waals surface area contributed by atoms with Crippen LogP contribution < -0.4 is 10.6 Å². The van der Waals surface area contributed by atoms with Crippen LogP contribution in [-0.4, -0.2) is 52.6 Å². The molecule has 3 N–H and O–H groups in total. The van der Waals surface area contributed by atoms with Crippen LogP contribution in [0.1, 0.15) is 11.1 Å². The van der Waals surface area contributed by atoms with Gasteiger partial charge in [-0.2, -0.15) is 5.10 Å². The smallest absolute Gasteiger partial charge is 0.323 e. The van der Waals surface area contributed by atoms with Gasteiger partial charge in [0.2, 0.25) is 0 Å². The van der Waals surface area contributed by atoms with Gasteiger partial charge < -0.3 is 20.6 Å². The zero-order chi connectivity index (χ0) is 17.7. The highest BCUT2D eigenvalue weighted by molar-refractivity contribution is 6.00. The standard InChI is InChI=1S/C17H25N5O2/c1-12-6-5-7-13(2)16(12)20-17(24)19-14-8-18-22(9-14)11-15(23)10-21(3)4/h5-9,15,23H,10-11H2,1-4H3,(H2,19,20,24). The number of aryl methyl sites for hydroxylation is 2. The quantitative estimate of drug-likeness (QED) is 0.757. The molecule has 2 amide bonds. The SMILES string of the molecule is Cc1cccc(C)c1NC(=O)Nc1cnn(CC(O)CN(C)C)c1. The van der Waals surface area contributed by atoms with Crippen LogP contribution in [0.25, 0.3) is 0 Å². The van der Waals surface area contributed by atoms with Crippen molar-refractivity contribution in [3.05, 3.63) is 41.7 Å². The molecule has 0 aliphatic rings. The zero-order valence-electron chi connectivity index (χ0n) is 14.6. The second kappa shape index (κ2) is 7.94. The lowest BCUT2D eigenvalue weighted by Crippen LogP contribution is -2.29. The number of nitrogens with zero attached hydrogens (tertiary/aromatic N) is 3. The molecule has 2 aromatic rings. The third-order valence-corrected chi connectivity index (χ3v) is 3.58. The van der Waals surface area contributed by atoms with E-state index >= 15 is 0 Å². The second-order valence-corrected chi connectivity index (χ2v) is 6.21. The van der Waals surface area contributed by atoms with Gasteiger partial charge in [0.25, 0.3) is 0 Å². The molecule has 24 heavy (non-hydrogen) atoms. The summed E-state index contributed by atoms with van der Waals surface area (Å²) in [6.07, 6.45) is 2.74. The van der Waals surface area contributed by atoms with E-state index in [9.17, 15) is 9.90 Å². The summed E-state index contributed by atoms with van der Waals surface area (Å²) in [5.41, 5.74) is 3.40. The van der Waals surface area contributed by atoms with Gasteiger partial charge in [0.05, 0.1) is 24.5 Å². The molecule has 0 saturated carbocycles. The van der Waals surface area contributed by atoms with Crippen molar-refractivity contribution in [2.45, 2.75) is 26.5 Å². The van der Waals surface area contributed by atoms with E-state index < -0.39 is 6.10 Å². The van der Waals surface area contributed by atoms with E-state index in [1.165, 1.54) is 0 Å². The van der Waals surface area contributed by atoms with E-state index in [-0.39, 0.29) is 6.03 Å². The van der Waals surface area contributed by atoms with Gasteiger partial charge >= 0.3 is 6.03 Å². The number of hydrogen-bond donors (Lipinski definition) is 3. The van der Waals surface area contributed by atoms with Gasteiger partial charge in [0.15, 0.2) is 0 Å². The van der Waals surface area contributed by atoms with Gasteiger partial charge in [-0.05, 0) is 39.1 Å². The Morgan fingerprint density at radius 2 is 1.96 bits per heavy atom. The first-order valence-corrected chi connectivity index (χ1v) is 7.84.